The first-order chi connectivity index (χ1) is 13.3. The Morgan fingerprint density at radius 1 is 1.36 bits per heavy atom. The predicted octanol–water partition coefficient (Wildman–Crippen LogP) is -0.953. The number of nitrogens with two attached hydrogens (primary N) is 1. The second-order valence-electron chi connectivity index (χ2n) is 6.77. The monoisotopic (exact) mass is 412 g/mol. The molecule has 3 heterocycles. The number of carbonyl (C=O) groups is 1. The summed E-state index contributed by atoms with van der Waals surface area (Å²) in [5, 5.41) is 29.6. The van der Waals surface area contributed by atoms with Crippen LogP contribution in [0.2, 0.25) is 0 Å². The molecule has 0 aromatic carbocycles. The van der Waals surface area contributed by atoms with Gasteiger partial charge in [0.25, 0.3) is 0 Å². The zero-order chi connectivity index (χ0) is 20.4. The van der Waals surface area contributed by atoms with Crippen LogP contribution < -0.4 is 10.6 Å². The number of hydrogen-bond donors (Lipinski definition) is 4. The molecule has 154 valence electrons. The third kappa shape index (κ3) is 4.05. The van der Waals surface area contributed by atoms with Gasteiger partial charge < -0.3 is 30.7 Å². The van der Waals surface area contributed by atoms with E-state index in [0.717, 1.165) is 0 Å². The van der Waals surface area contributed by atoms with Crippen LogP contribution in [0.5, 0.6) is 0 Å². The number of carboxylic acids is 1. The summed E-state index contributed by atoms with van der Waals surface area (Å²) in [6, 6.07) is -0.914. The fourth-order valence-electron chi connectivity index (χ4n) is 2.98. The van der Waals surface area contributed by atoms with Gasteiger partial charge in [0.15, 0.2) is 23.2 Å². The lowest BCUT2D eigenvalue weighted by Crippen LogP contribution is -2.33. The van der Waals surface area contributed by atoms with Crippen LogP contribution in [0.15, 0.2) is 12.7 Å². The number of anilines is 1. The van der Waals surface area contributed by atoms with E-state index in [1.165, 1.54) is 24.4 Å². The molecular weight excluding hydrogens is 388 g/mol. The van der Waals surface area contributed by atoms with Gasteiger partial charge in [0.2, 0.25) is 0 Å². The Kier molecular flexibility index (Phi) is 6.35. The average Bonchev–Trinajstić information content (AvgIpc) is 3.20. The maximum Gasteiger partial charge on any atom is 0.320 e. The third-order valence-electron chi connectivity index (χ3n) is 4.55. The van der Waals surface area contributed by atoms with Crippen molar-refractivity contribution in [3.63, 3.8) is 0 Å². The second kappa shape index (κ2) is 8.57. The number of fused-ring (bicyclic) bond motifs is 1. The zero-order valence-electron chi connectivity index (χ0n) is 15.5. The summed E-state index contributed by atoms with van der Waals surface area (Å²) in [4.78, 5) is 25.3. The van der Waals surface area contributed by atoms with Crippen molar-refractivity contribution in [1.82, 2.24) is 19.5 Å². The summed E-state index contributed by atoms with van der Waals surface area (Å²) in [6.45, 7) is 0. The Bertz CT molecular complexity index is 833. The molecule has 1 aliphatic rings. The molecule has 5 atom stereocenters. The number of aliphatic hydroxyl groups is 2. The Morgan fingerprint density at radius 3 is 2.79 bits per heavy atom. The first kappa shape index (κ1) is 20.7. The lowest BCUT2D eigenvalue weighted by molar-refractivity contribution is -0.138. The number of aromatic nitrogens is 4. The molecule has 2 aromatic heterocycles. The molecule has 0 amide bonds. The van der Waals surface area contributed by atoms with Gasteiger partial charge in [-0.25, -0.2) is 15.0 Å². The summed E-state index contributed by atoms with van der Waals surface area (Å²) in [6.07, 6.45) is -0.456. The van der Waals surface area contributed by atoms with Crippen molar-refractivity contribution >= 4 is 34.7 Å². The summed E-state index contributed by atoms with van der Waals surface area (Å²) < 4.78 is 7.46. The molecule has 5 N–H and O–H groups in total. The largest absolute Gasteiger partial charge is 0.480 e. The summed E-state index contributed by atoms with van der Waals surface area (Å²) in [5.74, 6) is 0.498. The van der Waals surface area contributed by atoms with Crippen molar-refractivity contribution in [2.45, 2.75) is 37.0 Å². The van der Waals surface area contributed by atoms with Crippen LogP contribution in [-0.4, -0.2) is 90.8 Å². The zero-order valence-corrected chi connectivity index (χ0v) is 16.4. The lowest BCUT2D eigenvalue weighted by Gasteiger charge is -2.17. The van der Waals surface area contributed by atoms with Gasteiger partial charge in [0.05, 0.1) is 12.4 Å². The van der Waals surface area contributed by atoms with Gasteiger partial charge in [-0.1, -0.05) is 0 Å². The van der Waals surface area contributed by atoms with Crippen molar-refractivity contribution in [2.75, 3.05) is 30.5 Å². The van der Waals surface area contributed by atoms with Crippen LogP contribution in [0.4, 0.5) is 5.82 Å². The Morgan fingerprint density at radius 2 is 2.11 bits per heavy atom. The number of aliphatic carboxylic acids is 1. The first-order valence-corrected chi connectivity index (χ1v) is 9.89. The van der Waals surface area contributed by atoms with Crippen LogP contribution in [0.3, 0.4) is 0 Å². The highest BCUT2D eigenvalue weighted by Crippen LogP contribution is 2.33. The topological polar surface area (TPSA) is 160 Å². The quantitative estimate of drug-likeness (QED) is 0.396. The van der Waals surface area contributed by atoms with Gasteiger partial charge in [0, 0.05) is 19.8 Å². The number of rotatable bonds is 8. The van der Waals surface area contributed by atoms with Crippen molar-refractivity contribution in [3.05, 3.63) is 12.7 Å². The molecule has 3 rings (SSSR count). The number of aliphatic hydroxyl groups excluding tert-OH is 2. The van der Waals surface area contributed by atoms with Crippen LogP contribution in [0, 0.1) is 0 Å². The predicted molar refractivity (Wildman–Crippen MR) is 103 cm³/mol. The average molecular weight is 412 g/mol. The molecule has 0 radical (unpaired) electrons. The highest BCUT2D eigenvalue weighted by Gasteiger charge is 2.44. The standard InChI is InChI=1S/C16H24N6O5S/c1-21(2)13-10-14(19-6-18-13)22(7-20-10)15-12(24)11(23)9(27-15)5-28-4-3-8(17)16(25)26/h6-9,11-12,15,23-24H,3-5,17H2,1-2H3,(H,25,26)/t8-,9+,11+,12+,15+/m0/s1. The number of nitrogens with zero attached hydrogens (tertiary/aromatic N) is 5. The molecule has 0 bridgehead atoms. The van der Waals surface area contributed by atoms with Gasteiger partial charge in [-0.15, -0.1) is 0 Å². The number of hydrogen-bond acceptors (Lipinski definition) is 10. The minimum Gasteiger partial charge on any atom is -0.480 e. The molecule has 0 spiro atoms. The third-order valence-corrected chi connectivity index (χ3v) is 5.64. The van der Waals surface area contributed by atoms with Gasteiger partial charge in [-0.2, -0.15) is 11.8 Å². The van der Waals surface area contributed by atoms with E-state index in [1.807, 2.05) is 19.0 Å². The van der Waals surface area contributed by atoms with Crippen molar-refractivity contribution in [3.8, 4) is 0 Å². The van der Waals surface area contributed by atoms with E-state index in [2.05, 4.69) is 15.0 Å². The van der Waals surface area contributed by atoms with Gasteiger partial charge in [-0.3, -0.25) is 9.36 Å². The van der Waals surface area contributed by atoms with E-state index >= 15 is 0 Å². The van der Waals surface area contributed by atoms with Gasteiger partial charge >= 0.3 is 5.97 Å². The lowest BCUT2D eigenvalue weighted by atomic mass is 10.1. The molecule has 0 unspecified atom stereocenters. The Labute approximate surface area is 165 Å². The summed E-state index contributed by atoms with van der Waals surface area (Å²) in [7, 11) is 3.68. The molecule has 2 aromatic rings. The Balaban J connectivity index is 1.68. The molecular formula is C16H24N6O5S. The van der Waals surface area contributed by atoms with E-state index in [-0.39, 0.29) is 0 Å². The SMILES string of the molecule is CN(C)c1ncnc2c1ncn2[C@@H]1O[C@H](CSCC[C@H](N)C(=O)O)[C@@H](O)[C@H]1O. The second-order valence-corrected chi connectivity index (χ2v) is 7.92. The van der Waals surface area contributed by atoms with Crippen LogP contribution >= 0.6 is 11.8 Å². The van der Waals surface area contributed by atoms with Crippen LogP contribution in [0.1, 0.15) is 12.6 Å². The minimum absolute atomic E-state index is 0.311. The van der Waals surface area contributed by atoms with Crippen molar-refractivity contribution < 1.29 is 24.9 Å². The summed E-state index contributed by atoms with van der Waals surface area (Å²) >= 11 is 1.41. The maximum atomic E-state index is 10.7. The number of thioether (sulfide) groups is 1. The van der Waals surface area contributed by atoms with E-state index in [0.29, 0.717) is 34.9 Å². The van der Waals surface area contributed by atoms with Crippen molar-refractivity contribution in [1.29, 1.82) is 0 Å². The molecule has 12 heteroatoms. The highest BCUT2D eigenvalue weighted by molar-refractivity contribution is 7.99. The van der Waals surface area contributed by atoms with Crippen molar-refractivity contribution in [2.24, 2.45) is 5.73 Å². The van der Waals surface area contributed by atoms with E-state index < -0.39 is 36.6 Å². The molecule has 1 fully saturated rings. The normalized spacial score (nSPS) is 25.9. The fraction of sp³-hybridized carbons (Fsp3) is 0.625. The Hall–Kier alpha value is -1.99. The maximum absolute atomic E-state index is 10.7. The molecule has 28 heavy (non-hydrogen) atoms. The molecule has 1 saturated heterocycles. The fourth-order valence-corrected chi connectivity index (χ4v) is 4.08. The highest BCUT2D eigenvalue weighted by atomic mass is 32.2. The van der Waals surface area contributed by atoms with Gasteiger partial charge in [0.1, 0.15) is 24.6 Å². The van der Waals surface area contributed by atoms with Crippen LogP contribution in [0.25, 0.3) is 11.2 Å². The summed E-state index contributed by atoms with van der Waals surface area (Å²) in [5.41, 5.74) is 6.54. The number of carboxylic acid groups (broad SMARTS) is 1. The van der Waals surface area contributed by atoms with Crippen LogP contribution in [-0.2, 0) is 9.53 Å². The van der Waals surface area contributed by atoms with E-state index in [1.54, 1.807) is 4.57 Å². The molecule has 11 nitrogen and oxygen atoms in total. The van der Waals surface area contributed by atoms with Gasteiger partial charge in [-0.05, 0) is 12.2 Å². The minimum atomic E-state index is -1.15. The van der Waals surface area contributed by atoms with E-state index in [4.69, 9.17) is 15.6 Å². The number of ether oxygens (including phenoxy) is 1. The molecule has 0 aliphatic carbocycles. The van der Waals surface area contributed by atoms with E-state index in [9.17, 15) is 15.0 Å². The molecule has 1 aliphatic heterocycles. The number of imidazole rings is 1. The molecule has 0 saturated carbocycles. The smallest absolute Gasteiger partial charge is 0.320 e. The first-order valence-electron chi connectivity index (χ1n) is 8.73.